The van der Waals surface area contributed by atoms with E-state index in [1.807, 2.05) is 24.4 Å². The van der Waals surface area contributed by atoms with Crippen molar-refractivity contribution in [2.45, 2.75) is 31.4 Å². The quantitative estimate of drug-likeness (QED) is 0.499. The van der Waals surface area contributed by atoms with E-state index in [9.17, 15) is 4.79 Å². The maximum absolute atomic E-state index is 11.4. The van der Waals surface area contributed by atoms with Crippen molar-refractivity contribution in [1.82, 2.24) is 4.68 Å². The lowest BCUT2D eigenvalue weighted by Crippen LogP contribution is -2.28. The Kier molecular flexibility index (Phi) is 4.94. The molecular weight excluding hydrogens is 310 g/mol. The van der Waals surface area contributed by atoms with E-state index in [2.05, 4.69) is 31.6 Å². The third-order valence-corrected chi connectivity index (χ3v) is 5.66. The number of carbonyl (C=O) groups excluding carboxylic acids is 1. The van der Waals surface area contributed by atoms with Crippen molar-refractivity contribution in [3.8, 4) is 0 Å². The van der Waals surface area contributed by atoms with Gasteiger partial charge in [0.2, 0.25) is 0 Å². The highest BCUT2D eigenvalue weighted by atomic mass is 32.2. The SMILES string of the molecule is COC(=O)/C(N)=C/SC(C)C(C)(C)c1cn(N)c2ccccc12. The highest BCUT2D eigenvalue weighted by Gasteiger charge is 2.31. The Balaban J connectivity index is 2.31. The van der Waals surface area contributed by atoms with Crippen LogP contribution in [0, 0.1) is 0 Å². The lowest BCUT2D eigenvalue weighted by atomic mass is 9.81. The van der Waals surface area contributed by atoms with Crippen LogP contribution in [-0.4, -0.2) is 23.0 Å². The Labute approximate surface area is 140 Å². The summed E-state index contributed by atoms with van der Waals surface area (Å²) in [6.45, 7) is 6.43. The lowest BCUT2D eigenvalue weighted by molar-refractivity contribution is -0.136. The number of benzene rings is 1. The molecule has 6 heteroatoms. The second kappa shape index (κ2) is 6.58. The molecule has 0 bridgehead atoms. The largest absolute Gasteiger partial charge is 0.464 e. The van der Waals surface area contributed by atoms with Crippen molar-refractivity contribution in [2.75, 3.05) is 13.0 Å². The van der Waals surface area contributed by atoms with Crippen molar-refractivity contribution < 1.29 is 9.53 Å². The van der Waals surface area contributed by atoms with Crippen LogP contribution in [0.1, 0.15) is 26.3 Å². The highest BCUT2D eigenvalue weighted by Crippen LogP contribution is 2.39. The van der Waals surface area contributed by atoms with Gasteiger partial charge >= 0.3 is 5.97 Å². The molecule has 1 heterocycles. The van der Waals surface area contributed by atoms with Gasteiger partial charge in [-0.1, -0.05) is 39.0 Å². The first-order valence-corrected chi connectivity index (χ1v) is 8.28. The van der Waals surface area contributed by atoms with Crippen molar-refractivity contribution in [3.63, 3.8) is 0 Å². The molecule has 0 saturated carbocycles. The summed E-state index contributed by atoms with van der Waals surface area (Å²) < 4.78 is 6.27. The number of fused-ring (bicyclic) bond motifs is 1. The molecule has 1 aromatic carbocycles. The minimum atomic E-state index is -0.513. The van der Waals surface area contributed by atoms with Crippen LogP contribution in [-0.2, 0) is 14.9 Å². The third kappa shape index (κ3) is 3.32. The fourth-order valence-electron chi connectivity index (χ4n) is 2.45. The van der Waals surface area contributed by atoms with Gasteiger partial charge in [-0.25, -0.2) is 4.79 Å². The molecule has 0 amide bonds. The number of aromatic nitrogens is 1. The molecule has 0 aliphatic heterocycles. The van der Waals surface area contributed by atoms with Crippen LogP contribution in [0.25, 0.3) is 10.9 Å². The average molecular weight is 333 g/mol. The van der Waals surface area contributed by atoms with E-state index in [1.165, 1.54) is 24.4 Å². The predicted molar refractivity (Wildman–Crippen MR) is 96.5 cm³/mol. The number of methoxy groups -OCH3 is 1. The zero-order valence-electron chi connectivity index (χ0n) is 13.9. The summed E-state index contributed by atoms with van der Waals surface area (Å²) in [4.78, 5) is 11.4. The summed E-state index contributed by atoms with van der Waals surface area (Å²) in [7, 11) is 1.32. The van der Waals surface area contributed by atoms with Crippen molar-refractivity contribution in [3.05, 3.63) is 47.1 Å². The number of hydrogen-bond acceptors (Lipinski definition) is 5. The number of nitrogens with zero attached hydrogens (tertiary/aromatic N) is 1. The van der Waals surface area contributed by atoms with Crippen LogP contribution < -0.4 is 11.6 Å². The summed E-state index contributed by atoms with van der Waals surface area (Å²) in [5.74, 6) is 5.56. The standard InChI is InChI=1S/C17H23N3O2S/c1-11(23-10-14(18)16(21)22-4)17(2,3)13-9-20(19)15-8-6-5-7-12(13)15/h5-11H,18-19H2,1-4H3/b14-10-. The van der Waals surface area contributed by atoms with Gasteiger partial charge in [-0.3, -0.25) is 4.68 Å². The fourth-order valence-corrected chi connectivity index (χ4v) is 3.36. The summed E-state index contributed by atoms with van der Waals surface area (Å²) in [5, 5.41) is 2.97. The summed E-state index contributed by atoms with van der Waals surface area (Å²) >= 11 is 1.51. The zero-order valence-corrected chi connectivity index (χ0v) is 14.7. The number of esters is 1. The molecular formula is C17H23N3O2S. The molecule has 1 aromatic heterocycles. The van der Waals surface area contributed by atoms with Gasteiger partial charge in [-0.15, -0.1) is 11.8 Å². The van der Waals surface area contributed by atoms with Crippen LogP contribution >= 0.6 is 11.8 Å². The van der Waals surface area contributed by atoms with Crippen LogP contribution in [0.3, 0.4) is 0 Å². The molecule has 1 unspecified atom stereocenters. The summed E-state index contributed by atoms with van der Waals surface area (Å²) in [6, 6.07) is 8.06. The average Bonchev–Trinajstić information content (AvgIpc) is 2.89. The number of carbonyl (C=O) groups is 1. The molecule has 1 atom stereocenters. The van der Waals surface area contributed by atoms with Crippen LogP contribution in [0.5, 0.6) is 0 Å². The molecule has 0 spiro atoms. The Bertz CT molecular complexity index is 749. The van der Waals surface area contributed by atoms with Crippen LogP contribution in [0.15, 0.2) is 41.6 Å². The number of thioether (sulfide) groups is 1. The molecule has 124 valence electrons. The van der Waals surface area contributed by atoms with Gasteiger partial charge in [0.15, 0.2) is 0 Å². The van der Waals surface area contributed by atoms with Gasteiger partial charge in [0, 0.05) is 27.7 Å². The molecule has 5 nitrogen and oxygen atoms in total. The molecule has 0 radical (unpaired) electrons. The Morgan fingerprint density at radius 1 is 1.39 bits per heavy atom. The van der Waals surface area contributed by atoms with Crippen LogP contribution in [0.2, 0.25) is 0 Å². The Morgan fingerprint density at radius 2 is 2.04 bits per heavy atom. The molecule has 0 saturated heterocycles. The van der Waals surface area contributed by atoms with Crippen molar-refractivity contribution in [1.29, 1.82) is 0 Å². The van der Waals surface area contributed by atoms with E-state index in [4.69, 9.17) is 11.6 Å². The van der Waals surface area contributed by atoms with Crippen LogP contribution in [0.4, 0.5) is 0 Å². The van der Waals surface area contributed by atoms with Gasteiger partial charge in [0.25, 0.3) is 0 Å². The minimum Gasteiger partial charge on any atom is -0.464 e. The summed E-state index contributed by atoms with van der Waals surface area (Å²) in [6.07, 6.45) is 1.97. The van der Waals surface area contributed by atoms with Gasteiger partial charge in [0.05, 0.1) is 12.6 Å². The maximum atomic E-state index is 11.4. The number of ether oxygens (including phenoxy) is 1. The van der Waals surface area contributed by atoms with E-state index in [0.29, 0.717) is 0 Å². The Hall–Kier alpha value is -2.08. The lowest BCUT2D eigenvalue weighted by Gasteiger charge is -2.30. The topological polar surface area (TPSA) is 83.3 Å². The number of para-hydroxylation sites is 1. The molecule has 2 aromatic rings. The number of nitrogens with two attached hydrogens (primary N) is 2. The van der Waals surface area contributed by atoms with Gasteiger partial charge in [-0.05, 0) is 11.6 Å². The molecule has 0 aliphatic carbocycles. The molecule has 23 heavy (non-hydrogen) atoms. The van der Waals surface area contributed by atoms with Gasteiger partial charge in [0.1, 0.15) is 5.70 Å². The van der Waals surface area contributed by atoms with E-state index in [-0.39, 0.29) is 16.4 Å². The number of rotatable bonds is 5. The molecule has 2 rings (SSSR count). The second-order valence-electron chi connectivity index (χ2n) is 6.03. The van der Waals surface area contributed by atoms with Gasteiger partial charge in [-0.2, -0.15) is 0 Å². The summed E-state index contributed by atoms with van der Waals surface area (Å²) in [5.41, 5.74) is 7.81. The first kappa shape index (κ1) is 17.3. The zero-order chi connectivity index (χ0) is 17.2. The molecule has 0 aliphatic rings. The van der Waals surface area contributed by atoms with E-state index in [0.717, 1.165) is 10.9 Å². The predicted octanol–water partition coefficient (Wildman–Crippen LogP) is 2.73. The van der Waals surface area contributed by atoms with E-state index >= 15 is 0 Å². The maximum Gasteiger partial charge on any atom is 0.354 e. The molecule has 0 fully saturated rings. The second-order valence-corrected chi connectivity index (χ2v) is 7.25. The number of hydrogen-bond donors (Lipinski definition) is 2. The first-order valence-electron chi connectivity index (χ1n) is 7.34. The van der Waals surface area contributed by atoms with Gasteiger partial charge < -0.3 is 16.3 Å². The third-order valence-electron chi connectivity index (χ3n) is 4.27. The molecule has 4 N–H and O–H groups in total. The van der Waals surface area contributed by atoms with E-state index < -0.39 is 5.97 Å². The Morgan fingerprint density at radius 3 is 2.70 bits per heavy atom. The minimum absolute atomic E-state index is 0.112. The van der Waals surface area contributed by atoms with E-state index in [1.54, 1.807) is 10.1 Å². The highest BCUT2D eigenvalue weighted by molar-refractivity contribution is 8.02. The fraction of sp³-hybridized carbons (Fsp3) is 0.353. The number of nitrogen functional groups attached to an aromatic ring is 1. The first-order chi connectivity index (χ1) is 10.8. The smallest absolute Gasteiger partial charge is 0.354 e. The van der Waals surface area contributed by atoms with Crippen molar-refractivity contribution in [2.24, 2.45) is 5.73 Å². The normalized spacial score (nSPS) is 14.0. The monoisotopic (exact) mass is 333 g/mol. The van der Waals surface area contributed by atoms with Crippen molar-refractivity contribution >= 4 is 28.6 Å².